The van der Waals surface area contributed by atoms with E-state index in [0.29, 0.717) is 44.6 Å². The Balaban J connectivity index is 1.42. The van der Waals surface area contributed by atoms with Gasteiger partial charge >= 0.3 is 0 Å². The topological polar surface area (TPSA) is 146 Å². The highest BCUT2D eigenvalue weighted by Crippen LogP contribution is 2.40. The van der Waals surface area contributed by atoms with Crippen molar-refractivity contribution in [3.8, 4) is 0 Å². The van der Waals surface area contributed by atoms with Crippen molar-refractivity contribution >= 4 is 44.0 Å². The molecule has 11 heteroatoms. The molecule has 12 rings (SSSR count). The Morgan fingerprint density at radius 2 is 0.608 bits per heavy atom. The number of amidine groups is 2. The van der Waals surface area contributed by atoms with Gasteiger partial charge in [0, 0.05) is 54.6 Å². The summed E-state index contributed by atoms with van der Waals surface area (Å²) < 4.78 is 0. The van der Waals surface area contributed by atoms with E-state index < -0.39 is 11.6 Å². The average Bonchev–Trinajstić information content (AvgIpc) is 3.94. The molecule has 4 aliphatic rings. The van der Waals surface area contributed by atoms with Crippen LogP contribution in [0, 0.1) is 0 Å². The highest BCUT2D eigenvalue weighted by atomic mass is 15.3. The second-order valence-corrected chi connectivity index (χ2v) is 13.0. The Bertz CT molecular complexity index is 3120. The highest BCUT2D eigenvalue weighted by Gasteiger charge is 2.43. The molecular formula is C40H23N11. The SMILES string of the molecule is c1ccc2c(c1)C1=N[C@]23N=c2[nH]c(c4ccccc24)=NC2=N[C@@](/N=c4\[nH]c(c5ccccc45)=N1)(/N=c1\[nH]/c(c4ccccc14)=N\3)c1ccccc12. The van der Waals surface area contributed by atoms with Gasteiger partial charge in [-0.15, -0.1) is 0 Å². The molecule has 238 valence electrons. The number of fused-ring (bicyclic) bond motifs is 15. The first-order chi connectivity index (χ1) is 25.1. The van der Waals surface area contributed by atoms with E-state index in [1.165, 1.54) is 0 Å². The van der Waals surface area contributed by atoms with Crippen molar-refractivity contribution in [1.82, 2.24) is 15.0 Å². The van der Waals surface area contributed by atoms with Crippen LogP contribution in [0.2, 0.25) is 0 Å². The molecule has 0 radical (unpaired) electrons. The van der Waals surface area contributed by atoms with Gasteiger partial charge in [0.15, 0.2) is 11.7 Å². The smallest absolute Gasteiger partial charge is 0.278 e. The van der Waals surface area contributed by atoms with Crippen molar-refractivity contribution in [1.29, 1.82) is 0 Å². The van der Waals surface area contributed by atoms with E-state index in [-0.39, 0.29) is 0 Å². The van der Waals surface area contributed by atoms with Crippen molar-refractivity contribution in [2.24, 2.45) is 39.9 Å². The molecule has 2 spiro atoms. The summed E-state index contributed by atoms with van der Waals surface area (Å²) in [5, 5.41) is 5.29. The molecule has 7 heterocycles. The molecule has 3 N–H and O–H groups in total. The molecule has 8 aromatic rings. The summed E-state index contributed by atoms with van der Waals surface area (Å²) in [4.78, 5) is 53.5. The number of nitrogens with zero attached hydrogens (tertiary/aromatic N) is 8. The van der Waals surface area contributed by atoms with Gasteiger partial charge in [-0.3, -0.25) is 0 Å². The van der Waals surface area contributed by atoms with Gasteiger partial charge in [0.2, 0.25) is 0 Å². The molecule has 4 aliphatic heterocycles. The van der Waals surface area contributed by atoms with E-state index >= 15 is 0 Å². The molecule has 0 aliphatic carbocycles. The number of aromatic nitrogens is 3. The summed E-state index contributed by atoms with van der Waals surface area (Å²) in [7, 11) is 0. The van der Waals surface area contributed by atoms with Crippen LogP contribution >= 0.6 is 0 Å². The molecule has 0 saturated carbocycles. The van der Waals surface area contributed by atoms with Crippen LogP contribution in [0.5, 0.6) is 0 Å². The Hall–Kier alpha value is -7.14. The standard InChI is InChI=1S/C40H23N11/c1-3-13-23-21(11-1)31-41-33(23)46-39-30-20-10-8-18-28(30)38(51-39)44-32-22-12-2-4-14-24(22)34(42-32)47-40(29-19-9-7-17-27(29)37(43-31)50-40)49-36-26-16-6-5-15-25(26)35(45-36)48-39/h1-20H,(H,45,48,49)(H,41,43,46,50)(H,42,44,47,51)/t39-,40-/m0/s1. The summed E-state index contributed by atoms with van der Waals surface area (Å²) in [5.41, 5.74) is 6.84. The number of H-pyrrole nitrogens is 3. The first kappa shape index (κ1) is 26.8. The number of benzene rings is 5. The average molecular weight is 658 g/mol. The third-order valence-electron chi connectivity index (χ3n) is 10.1. The summed E-state index contributed by atoms with van der Waals surface area (Å²) in [6.45, 7) is 0. The van der Waals surface area contributed by atoms with Crippen LogP contribution < -0.4 is 32.9 Å². The molecule has 10 bridgehead atoms. The molecular weight excluding hydrogens is 635 g/mol. The lowest BCUT2D eigenvalue weighted by Crippen LogP contribution is -2.28. The first-order valence-corrected chi connectivity index (χ1v) is 16.7. The van der Waals surface area contributed by atoms with Gasteiger partial charge in [-0.05, 0) is 0 Å². The lowest BCUT2D eigenvalue weighted by Gasteiger charge is -2.17. The number of hydrogen-bond donors (Lipinski definition) is 3. The monoisotopic (exact) mass is 657 g/mol. The van der Waals surface area contributed by atoms with Gasteiger partial charge in [0.25, 0.3) is 11.6 Å². The third kappa shape index (κ3) is 3.56. The number of aliphatic imine (C=N–C) groups is 2. The molecule has 2 atom stereocenters. The first-order valence-electron chi connectivity index (χ1n) is 16.7. The fourth-order valence-electron chi connectivity index (χ4n) is 7.83. The van der Waals surface area contributed by atoms with E-state index in [0.717, 1.165) is 54.6 Å². The number of hydrogen-bond acceptors (Lipinski definition) is 8. The van der Waals surface area contributed by atoms with Crippen molar-refractivity contribution in [2.75, 3.05) is 0 Å². The predicted molar refractivity (Wildman–Crippen MR) is 191 cm³/mol. The Labute approximate surface area is 286 Å². The van der Waals surface area contributed by atoms with Crippen molar-refractivity contribution in [3.05, 3.63) is 177 Å². The summed E-state index contributed by atoms with van der Waals surface area (Å²) in [6.07, 6.45) is 0. The predicted octanol–water partition coefficient (Wildman–Crippen LogP) is 3.42. The lowest BCUT2D eigenvalue weighted by molar-refractivity contribution is 0.471. The molecule has 51 heavy (non-hydrogen) atoms. The quantitative estimate of drug-likeness (QED) is 0.220. The maximum atomic E-state index is 5.45. The fraction of sp³-hybridized carbons (Fsp3) is 0.0500. The number of rotatable bonds is 0. The zero-order chi connectivity index (χ0) is 33.3. The van der Waals surface area contributed by atoms with Gasteiger partial charge in [-0.25, -0.2) is 39.9 Å². The minimum Gasteiger partial charge on any atom is -0.324 e. The second kappa shape index (κ2) is 9.30. The Kier molecular flexibility index (Phi) is 4.88. The molecule has 0 fully saturated rings. The van der Waals surface area contributed by atoms with E-state index in [2.05, 4.69) is 15.0 Å². The van der Waals surface area contributed by atoms with Crippen LogP contribution in [0.25, 0.3) is 32.3 Å². The van der Waals surface area contributed by atoms with E-state index in [4.69, 9.17) is 39.9 Å². The molecule has 3 aromatic heterocycles. The number of nitrogens with one attached hydrogen (secondary N) is 3. The zero-order valence-corrected chi connectivity index (χ0v) is 26.6. The van der Waals surface area contributed by atoms with Crippen LogP contribution in [0.4, 0.5) is 0 Å². The highest BCUT2D eigenvalue weighted by molar-refractivity contribution is 6.05. The molecule has 11 nitrogen and oxygen atoms in total. The van der Waals surface area contributed by atoms with Gasteiger partial charge < -0.3 is 15.0 Å². The summed E-state index contributed by atoms with van der Waals surface area (Å²) >= 11 is 0. The minimum absolute atomic E-state index is 0.503. The molecule has 0 amide bonds. The van der Waals surface area contributed by atoms with Crippen molar-refractivity contribution in [2.45, 2.75) is 11.6 Å². The van der Waals surface area contributed by atoms with Crippen LogP contribution in [0.15, 0.2) is 161 Å². The van der Waals surface area contributed by atoms with Crippen LogP contribution in [-0.2, 0) is 11.6 Å². The van der Waals surface area contributed by atoms with Crippen LogP contribution in [0.3, 0.4) is 0 Å². The maximum Gasteiger partial charge on any atom is 0.278 e. The fourth-order valence-corrected chi connectivity index (χ4v) is 7.83. The summed E-state index contributed by atoms with van der Waals surface area (Å²) in [6, 6.07) is 40.2. The normalized spacial score (nSPS) is 22.7. The van der Waals surface area contributed by atoms with Crippen molar-refractivity contribution in [3.63, 3.8) is 0 Å². The summed E-state index contributed by atoms with van der Waals surface area (Å²) in [5.74, 6) is -1.90. The van der Waals surface area contributed by atoms with Gasteiger partial charge in [0.05, 0.1) is 0 Å². The van der Waals surface area contributed by atoms with E-state index in [1.807, 2.05) is 121 Å². The maximum absolute atomic E-state index is 5.45. The minimum atomic E-state index is -1.45. The molecule has 5 aromatic carbocycles. The molecule has 0 unspecified atom stereocenters. The second-order valence-electron chi connectivity index (χ2n) is 13.0. The van der Waals surface area contributed by atoms with Crippen molar-refractivity contribution < 1.29 is 0 Å². The van der Waals surface area contributed by atoms with Gasteiger partial charge in [-0.2, -0.15) is 0 Å². The Morgan fingerprint density at radius 1 is 0.314 bits per heavy atom. The Morgan fingerprint density at radius 3 is 0.980 bits per heavy atom. The van der Waals surface area contributed by atoms with Gasteiger partial charge in [-0.1, -0.05) is 121 Å². The number of aromatic amines is 3. The van der Waals surface area contributed by atoms with Crippen LogP contribution in [-0.4, -0.2) is 26.6 Å². The van der Waals surface area contributed by atoms with Gasteiger partial charge in [0.1, 0.15) is 32.9 Å². The third-order valence-corrected chi connectivity index (χ3v) is 10.1. The van der Waals surface area contributed by atoms with Crippen LogP contribution in [0.1, 0.15) is 22.3 Å². The lowest BCUT2D eigenvalue weighted by atomic mass is 10.0. The molecule has 0 saturated heterocycles. The largest absolute Gasteiger partial charge is 0.324 e. The van der Waals surface area contributed by atoms with E-state index in [1.54, 1.807) is 0 Å². The zero-order valence-electron chi connectivity index (χ0n) is 26.6. The van der Waals surface area contributed by atoms with E-state index in [9.17, 15) is 0 Å².